The van der Waals surface area contributed by atoms with E-state index in [1.165, 1.54) is 0 Å². The van der Waals surface area contributed by atoms with Gasteiger partial charge in [0.2, 0.25) is 5.69 Å². The molecule has 1 aromatic rings. The zero-order chi connectivity index (χ0) is 14.3. The van der Waals surface area contributed by atoms with Crippen molar-refractivity contribution in [1.29, 1.82) is 0 Å². The van der Waals surface area contributed by atoms with Gasteiger partial charge >= 0.3 is 0 Å². The fraction of sp³-hybridized carbons (Fsp3) is 0.500. The van der Waals surface area contributed by atoms with Crippen LogP contribution in [0.25, 0.3) is 0 Å². The summed E-state index contributed by atoms with van der Waals surface area (Å²) in [6.07, 6.45) is -1.48. The molecule has 6 N–H and O–H groups in total. The summed E-state index contributed by atoms with van der Waals surface area (Å²) >= 11 is 0. The first kappa shape index (κ1) is 14.7. The second-order valence-electron chi connectivity index (χ2n) is 3.24. The van der Waals surface area contributed by atoms with E-state index in [0.29, 0.717) is 0 Å². The van der Waals surface area contributed by atoms with Gasteiger partial charge in [0.25, 0.3) is 11.8 Å². The predicted molar refractivity (Wildman–Crippen MR) is 58.4 cm³/mol. The summed E-state index contributed by atoms with van der Waals surface area (Å²) in [5.41, 5.74) is 5.20. The van der Waals surface area contributed by atoms with Gasteiger partial charge in [-0.2, -0.15) is 0 Å². The van der Waals surface area contributed by atoms with Gasteiger partial charge < -0.3 is 31.2 Å². The lowest BCUT2D eigenvalue weighted by atomic mass is 10.3. The Labute approximate surface area is 106 Å². The molecule has 0 fully saturated rings. The lowest BCUT2D eigenvalue weighted by Crippen LogP contribution is -2.38. The number of aliphatic hydroxyl groups excluding tert-OH is 2. The number of oxime groups is 1. The molecule has 0 saturated carbocycles. The summed E-state index contributed by atoms with van der Waals surface area (Å²) in [4.78, 5) is 11.1. The highest BCUT2D eigenvalue weighted by Gasteiger charge is 2.16. The number of ether oxygens (including phenoxy) is 1. The van der Waals surface area contributed by atoms with E-state index in [4.69, 9.17) is 25.9 Å². The van der Waals surface area contributed by atoms with Crippen molar-refractivity contribution in [2.45, 2.75) is 6.10 Å². The molecular weight excluding hydrogens is 262 g/mol. The van der Waals surface area contributed by atoms with E-state index < -0.39 is 18.6 Å². The van der Waals surface area contributed by atoms with Crippen LogP contribution in [0.15, 0.2) is 9.78 Å². The van der Waals surface area contributed by atoms with Crippen LogP contribution in [0.5, 0.6) is 5.88 Å². The first-order valence-electron chi connectivity index (χ1n) is 5.10. The van der Waals surface area contributed by atoms with Gasteiger partial charge in [-0.15, -0.1) is 0 Å². The molecule has 0 aliphatic carbocycles. The quantitative estimate of drug-likeness (QED) is 0.114. The molecule has 11 heteroatoms. The SMILES string of the molecule is N/C(=N\O)c1nonc1OCCNC(=O)[C@@H](O)CO. The number of carbonyl (C=O) groups excluding carboxylic acids is 1. The summed E-state index contributed by atoms with van der Waals surface area (Å²) < 4.78 is 9.41. The normalized spacial score (nSPS) is 13.1. The van der Waals surface area contributed by atoms with Gasteiger partial charge in [0.05, 0.1) is 13.2 Å². The summed E-state index contributed by atoms with van der Waals surface area (Å²) in [5.74, 6) is -1.18. The Bertz CT molecular complexity index is 447. The molecule has 1 rings (SSSR count). The van der Waals surface area contributed by atoms with Crippen LogP contribution in [0, 0.1) is 0 Å². The second-order valence-corrected chi connectivity index (χ2v) is 3.24. The van der Waals surface area contributed by atoms with E-state index in [1.807, 2.05) is 0 Å². The van der Waals surface area contributed by atoms with Crippen LogP contribution in [0.4, 0.5) is 0 Å². The number of amides is 1. The van der Waals surface area contributed by atoms with Crippen LogP contribution in [0.1, 0.15) is 5.69 Å². The minimum absolute atomic E-state index is 0.0240. The number of hydrogen-bond donors (Lipinski definition) is 5. The molecular formula is C8H13N5O6. The maximum absolute atomic E-state index is 11.1. The molecule has 0 radical (unpaired) electrons. The number of hydrogen-bond acceptors (Lipinski definition) is 9. The maximum Gasteiger partial charge on any atom is 0.287 e. The van der Waals surface area contributed by atoms with Crippen molar-refractivity contribution in [2.75, 3.05) is 19.8 Å². The highest BCUT2D eigenvalue weighted by molar-refractivity contribution is 5.96. The molecule has 11 nitrogen and oxygen atoms in total. The van der Waals surface area contributed by atoms with Crippen LogP contribution < -0.4 is 15.8 Å². The Morgan fingerprint density at radius 1 is 1.58 bits per heavy atom. The molecule has 0 aliphatic rings. The van der Waals surface area contributed by atoms with E-state index in [1.54, 1.807) is 0 Å². The third kappa shape index (κ3) is 4.08. The molecule has 1 amide bonds. The van der Waals surface area contributed by atoms with E-state index >= 15 is 0 Å². The average molecular weight is 275 g/mol. The Morgan fingerprint density at radius 2 is 2.32 bits per heavy atom. The zero-order valence-electron chi connectivity index (χ0n) is 9.68. The predicted octanol–water partition coefficient (Wildman–Crippen LogP) is -2.99. The fourth-order valence-electron chi connectivity index (χ4n) is 1.00. The number of aromatic nitrogens is 2. The molecule has 0 bridgehead atoms. The topological polar surface area (TPSA) is 176 Å². The first-order valence-corrected chi connectivity index (χ1v) is 5.10. The van der Waals surface area contributed by atoms with Crippen LogP contribution in [0.2, 0.25) is 0 Å². The highest BCUT2D eigenvalue weighted by atomic mass is 16.6. The smallest absolute Gasteiger partial charge is 0.287 e. The minimum atomic E-state index is -1.48. The highest BCUT2D eigenvalue weighted by Crippen LogP contribution is 2.11. The Morgan fingerprint density at radius 3 is 2.95 bits per heavy atom. The number of nitrogens with two attached hydrogens (primary N) is 1. The molecule has 106 valence electrons. The van der Waals surface area contributed by atoms with E-state index in [-0.39, 0.29) is 30.6 Å². The average Bonchev–Trinajstić information content (AvgIpc) is 2.89. The van der Waals surface area contributed by atoms with Crippen molar-refractivity contribution >= 4 is 11.7 Å². The van der Waals surface area contributed by atoms with Gasteiger partial charge in [0.15, 0.2) is 11.9 Å². The maximum atomic E-state index is 11.1. The van der Waals surface area contributed by atoms with Crippen molar-refractivity contribution in [3.63, 3.8) is 0 Å². The van der Waals surface area contributed by atoms with E-state index in [0.717, 1.165) is 0 Å². The molecule has 1 heterocycles. The summed E-state index contributed by atoms with van der Waals surface area (Å²) in [7, 11) is 0. The van der Waals surface area contributed by atoms with Crippen LogP contribution in [-0.4, -0.2) is 63.3 Å². The monoisotopic (exact) mass is 275 g/mol. The van der Waals surface area contributed by atoms with Crippen LogP contribution in [0.3, 0.4) is 0 Å². The van der Waals surface area contributed by atoms with E-state index in [9.17, 15) is 4.79 Å². The summed E-state index contributed by atoms with van der Waals surface area (Å²) in [6, 6.07) is 0. The van der Waals surface area contributed by atoms with E-state index in [2.05, 4.69) is 25.4 Å². The standard InChI is InChI=1S/C8H13N5O6/c9-6(11-17)5-8(13-19-12-5)18-2-1-10-7(16)4(15)3-14/h4,14-15,17H,1-3H2,(H2,9,11)(H,10,16)/t4-/m0/s1. The minimum Gasteiger partial charge on any atom is -0.472 e. The fourth-order valence-corrected chi connectivity index (χ4v) is 1.00. The van der Waals surface area contributed by atoms with Gasteiger partial charge in [-0.05, 0) is 10.3 Å². The third-order valence-corrected chi connectivity index (χ3v) is 1.92. The van der Waals surface area contributed by atoms with Gasteiger partial charge in [-0.25, -0.2) is 4.63 Å². The number of nitrogens with one attached hydrogen (secondary N) is 1. The number of rotatable bonds is 7. The molecule has 1 atom stereocenters. The molecule has 0 saturated heterocycles. The first-order chi connectivity index (χ1) is 9.10. The zero-order valence-corrected chi connectivity index (χ0v) is 9.68. The second kappa shape index (κ2) is 7.13. The van der Waals surface area contributed by atoms with Gasteiger partial charge in [0, 0.05) is 0 Å². The van der Waals surface area contributed by atoms with Crippen molar-refractivity contribution in [2.24, 2.45) is 10.9 Å². The molecule has 0 aliphatic heterocycles. The molecule has 0 aromatic carbocycles. The van der Waals surface area contributed by atoms with Crippen molar-refractivity contribution in [3.05, 3.63) is 5.69 Å². The molecule has 0 spiro atoms. The number of amidine groups is 1. The largest absolute Gasteiger partial charge is 0.472 e. The molecule has 19 heavy (non-hydrogen) atoms. The lowest BCUT2D eigenvalue weighted by Gasteiger charge is -2.08. The Kier molecular flexibility index (Phi) is 5.50. The lowest BCUT2D eigenvalue weighted by molar-refractivity contribution is -0.131. The number of nitrogens with zero attached hydrogens (tertiary/aromatic N) is 3. The van der Waals surface area contributed by atoms with Crippen LogP contribution in [-0.2, 0) is 4.79 Å². The summed E-state index contributed by atoms with van der Waals surface area (Å²) in [5, 5.41) is 37.6. The van der Waals surface area contributed by atoms with Crippen molar-refractivity contribution in [1.82, 2.24) is 15.6 Å². The number of carbonyl (C=O) groups is 1. The Balaban J connectivity index is 2.38. The van der Waals surface area contributed by atoms with Crippen molar-refractivity contribution < 1.29 is 29.6 Å². The van der Waals surface area contributed by atoms with Gasteiger partial charge in [0.1, 0.15) is 6.61 Å². The van der Waals surface area contributed by atoms with Gasteiger partial charge in [-0.3, -0.25) is 4.79 Å². The molecule has 1 aromatic heterocycles. The third-order valence-electron chi connectivity index (χ3n) is 1.92. The Hall–Kier alpha value is -2.40. The summed E-state index contributed by atoms with van der Waals surface area (Å²) in [6.45, 7) is -0.657. The van der Waals surface area contributed by atoms with Crippen molar-refractivity contribution in [3.8, 4) is 5.88 Å². The van der Waals surface area contributed by atoms with Crippen LogP contribution >= 0.6 is 0 Å². The number of aliphatic hydroxyl groups is 2. The van der Waals surface area contributed by atoms with Gasteiger partial charge in [-0.1, -0.05) is 5.16 Å². The molecule has 0 unspecified atom stereocenters.